The number of carbonyl (C=O) groups is 1. The maximum absolute atomic E-state index is 11.8. The third-order valence-corrected chi connectivity index (χ3v) is 8.73. The van der Waals surface area contributed by atoms with E-state index in [1.165, 1.54) is 28.7 Å². The molecule has 0 spiro atoms. The largest absolute Gasteiger partial charge is 0.378 e. The molecule has 2 aliphatic heterocycles. The summed E-state index contributed by atoms with van der Waals surface area (Å²) >= 11 is 1.83. The molecule has 4 atom stereocenters. The van der Waals surface area contributed by atoms with Gasteiger partial charge in [-0.2, -0.15) is 0 Å². The van der Waals surface area contributed by atoms with Crippen molar-refractivity contribution in [1.82, 2.24) is 10.2 Å². The molecule has 3 heterocycles. The Hall–Kier alpha value is -1.63. The van der Waals surface area contributed by atoms with Gasteiger partial charge in [0, 0.05) is 61.0 Å². The number of rotatable bonds is 7. The van der Waals surface area contributed by atoms with Crippen molar-refractivity contribution in [3.63, 3.8) is 0 Å². The number of thiophene rings is 1. The summed E-state index contributed by atoms with van der Waals surface area (Å²) in [5.41, 5.74) is 1.40. The standard InChI is InChI=1S/C26H37N3O2S/c1-19-17-26(30)27-23-8-7-20(18-22(19)23)31-15-3-2-10-28-11-13-29(14-12-28)24-5-4-6-25-21(24)9-16-32-25/h4-6,9,16,19-20,22-23H,2-3,7-8,10-15,17-18H2,1H3,(H,27,30). The van der Waals surface area contributed by atoms with Crippen molar-refractivity contribution < 1.29 is 9.53 Å². The lowest BCUT2D eigenvalue weighted by Crippen LogP contribution is -2.52. The Morgan fingerprint density at radius 3 is 2.88 bits per heavy atom. The van der Waals surface area contributed by atoms with Crippen molar-refractivity contribution in [3.05, 3.63) is 29.6 Å². The molecule has 0 bridgehead atoms. The van der Waals surface area contributed by atoms with Gasteiger partial charge in [-0.1, -0.05) is 13.0 Å². The maximum Gasteiger partial charge on any atom is 0.220 e. The SMILES string of the molecule is CC1CC(=O)NC2CCC(OCCCCN3CCN(c4cccc5sccc45)CC3)CC12. The van der Waals surface area contributed by atoms with Crippen LogP contribution in [0, 0.1) is 11.8 Å². The summed E-state index contributed by atoms with van der Waals surface area (Å²) in [5.74, 6) is 1.33. The van der Waals surface area contributed by atoms with Crippen molar-refractivity contribution >= 4 is 33.0 Å². The molecule has 5 rings (SSSR count). The first-order valence-corrected chi connectivity index (χ1v) is 13.4. The zero-order valence-electron chi connectivity index (χ0n) is 19.3. The minimum atomic E-state index is 0.238. The molecule has 2 saturated heterocycles. The van der Waals surface area contributed by atoms with E-state index >= 15 is 0 Å². The monoisotopic (exact) mass is 455 g/mol. The quantitative estimate of drug-likeness (QED) is 0.624. The lowest BCUT2D eigenvalue weighted by molar-refractivity contribution is -0.128. The minimum absolute atomic E-state index is 0.238. The molecule has 6 heteroatoms. The van der Waals surface area contributed by atoms with E-state index in [-0.39, 0.29) is 5.91 Å². The van der Waals surface area contributed by atoms with Crippen LogP contribution in [0.1, 0.15) is 45.4 Å². The molecule has 1 aliphatic carbocycles. The first kappa shape index (κ1) is 22.2. The van der Waals surface area contributed by atoms with Crippen LogP contribution in [0.25, 0.3) is 10.1 Å². The summed E-state index contributed by atoms with van der Waals surface area (Å²) in [5, 5.41) is 6.80. The smallest absolute Gasteiger partial charge is 0.220 e. The van der Waals surface area contributed by atoms with E-state index in [9.17, 15) is 4.79 Å². The molecule has 2 aromatic rings. The number of carbonyl (C=O) groups excluding carboxylic acids is 1. The van der Waals surface area contributed by atoms with Gasteiger partial charge >= 0.3 is 0 Å². The number of piperidine rings is 1. The fraction of sp³-hybridized carbons (Fsp3) is 0.654. The zero-order valence-corrected chi connectivity index (χ0v) is 20.1. The van der Waals surface area contributed by atoms with Gasteiger partial charge in [-0.3, -0.25) is 9.69 Å². The Labute approximate surface area is 196 Å². The van der Waals surface area contributed by atoms with E-state index in [4.69, 9.17) is 4.74 Å². The van der Waals surface area contributed by atoms with Gasteiger partial charge in [0.2, 0.25) is 5.91 Å². The third kappa shape index (κ3) is 4.97. The molecule has 3 fully saturated rings. The fourth-order valence-corrected chi connectivity index (χ4v) is 6.80. The summed E-state index contributed by atoms with van der Waals surface area (Å²) in [6.45, 7) is 8.82. The molecule has 3 aliphatic rings. The second kappa shape index (κ2) is 10.1. The van der Waals surface area contributed by atoms with Crippen molar-refractivity contribution in [2.45, 2.75) is 57.6 Å². The predicted octanol–water partition coefficient (Wildman–Crippen LogP) is 4.51. The van der Waals surface area contributed by atoms with E-state index < -0.39 is 0 Å². The highest BCUT2D eigenvalue weighted by Gasteiger charge is 2.39. The summed E-state index contributed by atoms with van der Waals surface area (Å²) in [6, 6.07) is 9.34. The van der Waals surface area contributed by atoms with Gasteiger partial charge in [-0.05, 0) is 74.1 Å². The van der Waals surface area contributed by atoms with E-state index in [0.29, 0.717) is 30.4 Å². The summed E-state index contributed by atoms with van der Waals surface area (Å²) < 4.78 is 7.66. The second-order valence-electron chi connectivity index (χ2n) is 9.97. The van der Waals surface area contributed by atoms with Crippen LogP contribution in [-0.4, -0.2) is 62.3 Å². The van der Waals surface area contributed by atoms with E-state index in [1.54, 1.807) is 0 Å². The Bertz CT molecular complexity index is 907. The molecule has 1 N–H and O–H groups in total. The second-order valence-corrected chi connectivity index (χ2v) is 10.9. The number of nitrogens with one attached hydrogen (secondary N) is 1. The Balaban J connectivity index is 0.987. The highest BCUT2D eigenvalue weighted by Crippen LogP contribution is 2.36. The number of nitrogens with zero attached hydrogens (tertiary/aromatic N) is 2. The molecule has 0 radical (unpaired) electrons. The van der Waals surface area contributed by atoms with Crippen LogP contribution in [0.3, 0.4) is 0 Å². The van der Waals surface area contributed by atoms with Crippen LogP contribution in [0.4, 0.5) is 5.69 Å². The van der Waals surface area contributed by atoms with E-state index in [2.05, 4.69) is 51.7 Å². The van der Waals surface area contributed by atoms with Crippen molar-refractivity contribution in [1.29, 1.82) is 0 Å². The Morgan fingerprint density at radius 2 is 2.00 bits per heavy atom. The Morgan fingerprint density at radius 1 is 1.12 bits per heavy atom. The molecular formula is C26H37N3O2S. The van der Waals surface area contributed by atoms with Crippen LogP contribution in [0.5, 0.6) is 0 Å². The average molecular weight is 456 g/mol. The highest BCUT2D eigenvalue weighted by atomic mass is 32.1. The number of benzene rings is 1. The number of hydrogen-bond donors (Lipinski definition) is 1. The van der Waals surface area contributed by atoms with Crippen molar-refractivity contribution in [2.75, 3.05) is 44.2 Å². The number of fused-ring (bicyclic) bond motifs is 2. The number of piperazine rings is 1. The van der Waals surface area contributed by atoms with Gasteiger partial charge in [0.05, 0.1) is 6.10 Å². The number of anilines is 1. The lowest BCUT2D eigenvalue weighted by atomic mass is 9.72. The van der Waals surface area contributed by atoms with Crippen molar-refractivity contribution in [3.8, 4) is 0 Å². The minimum Gasteiger partial charge on any atom is -0.378 e. The molecule has 174 valence electrons. The molecule has 1 amide bonds. The fourth-order valence-electron chi connectivity index (χ4n) is 5.99. The summed E-state index contributed by atoms with van der Waals surface area (Å²) in [6.07, 6.45) is 6.71. The van der Waals surface area contributed by atoms with E-state index in [0.717, 1.165) is 58.5 Å². The first-order chi connectivity index (χ1) is 15.7. The normalized spacial score (nSPS) is 29.2. The van der Waals surface area contributed by atoms with E-state index in [1.807, 2.05) is 11.3 Å². The van der Waals surface area contributed by atoms with Gasteiger partial charge in [-0.25, -0.2) is 0 Å². The molecule has 1 aromatic carbocycles. The van der Waals surface area contributed by atoms with Crippen LogP contribution in [-0.2, 0) is 9.53 Å². The maximum atomic E-state index is 11.8. The van der Waals surface area contributed by atoms with Gasteiger partial charge in [0.25, 0.3) is 0 Å². The predicted molar refractivity (Wildman–Crippen MR) is 133 cm³/mol. The number of unbranched alkanes of at least 4 members (excludes halogenated alkanes) is 1. The van der Waals surface area contributed by atoms with Gasteiger partial charge in [-0.15, -0.1) is 11.3 Å². The van der Waals surface area contributed by atoms with Crippen LogP contribution in [0.2, 0.25) is 0 Å². The van der Waals surface area contributed by atoms with Crippen LogP contribution < -0.4 is 10.2 Å². The number of ether oxygens (including phenoxy) is 1. The van der Waals surface area contributed by atoms with Crippen molar-refractivity contribution in [2.24, 2.45) is 11.8 Å². The average Bonchev–Trinajstić information content (AvgIpc) is 3.29. The van der Waals surface area contributed by atoms with Gasteiger partial charge in [0.1, 0.15) is 0 Å². The van der Waals surface area contributed by atoms with Gasteiger partial charge < -0.3 is 15.0 Å². The zero-order chi connectivity index (χ0) is 21.9. The number of hydrogen-bond acceptors (Lipinski definition) is 5. The lowest BCUT2D eigenvalue weighted by Gasteiger charge is -2.42. The molecule has 5 nitrogen and oxygen atoms in total. The highest BCUT2D eigenvalue weighted by molar-refractivity contribution is 7.17. The first-order valence-electron chi connectivity index (χ1n) is 12.5. The molecule has 32 heavy (non-hydrogen) atoms. The summed E-state index contributed by atoms with van der Waals surface area (Å²) in [7, 11) is 0. The molecular weight excluding hydrogens is 418 g/mol. The topological polar surface area (TPSA) is 44.8 Å². The molecule has 1 saturated carbocycles. The Kier molecular flexibility index (Phi) is 7.00. The number of amides is 1. The van der Waals surface area contributed by atoms with Gasteiger partial charge in [0.15, 0.2) is 0 Å². The third-order valence-electron chi connectivity index (χ3n) is 7.84. The summed E-state index contributed by atoms with van der Waals surface area (Å²) in [4.78, 5) is 16.9. The molecule has 4 unspecified atom stereocenters. The molecule has 1 aromatic heterocycles. The van der Waals surface area contributed by atoms with Crippen LogP contribution >= 0.6 is 11.3 Å². The van der Waals surface area contributed by atoms with Crippen LogP contribution in [0.15, 0.2) is 29.6 Å².